The quantitative estimate of drug-likeness (QED) is 0.724. The van der Waals surface area contributed by atoms with E-state index in [4.69, 9.17) is 10.3 Å². The first-order chi connectivity index (χ1) is 7.68. The summed E-state index contributed by atoms with van der Waals surface area (Å²) in [6.45, 7) is 0. The van der Waals surface area contributed by atoms with Crippen LogP contribution in [0.2, 0.25) is 0 Å². The SMILES string of the molecule is NS(=O)(=O)CCSc1ccc(S(N)(=O)=O)cc1. The normalized spacial score (nSPS) is 12.6. The number of benzene rings is 1. The zero-order valence-electron chi connectivity index (χ0n) is 8.74. The molecule has 0 aliphatic carbocycles. The van der Waals surface area contributed by atoms with Gasteiger partial charge in [0.1, 0.15) is 0 Å². The maximum absolute atomic E-state index is 11.0. The highest BCUT2D eigenvalue weighted by Crippen LogP contribution is 2.19. The first-order valence-electron chi connectivity index (χ1n) is 4.45. The third-order valence-corrected chi connectivity index (χ3v) is 4.76. The summed E-state index contributed by atoms with van der Waals surface area (Å²) >= 11 is 1.27. The molecular weight excluding hydrogens is 284 g/mol. The molecule has 0 aromatic heterocycles. The van der Waals surface area contributed by atoms with Crippen molar-refractivity contribution in [3.63, 3.8) is 0 Å². The Morgan fingerprint density at radius 3 is 1.94 bits per heavy atom. The third-order valence-electron chi connectivity index (χ3n) is 1.79. The molecule has 0 bridgehead atoms. The van der Waals surface area contributed by atoms with Crippen LogP contribution in [0.5, 0.6) is 0 Å². The fraction of sp³-hybridized carbons (Fsp3) is 0.250. The predicted molar refractivity (Wildman–Crippen MR) is 66.5 cm³/mol. The molecule has 4 N–H and O–H groups in total. The van der Waals surface area contributed by atoms with Gasteiger partial charge in [0.25, 0.3) is 0 Å². The van der Waals surface area contributed by atoms with E-state index in [0.717, 1.165) is 4.90 Å². The molecule has 0 spiro atoms. The molecule has 1 aromatic rings. The van der Waals surface area contributed by atoms with E-state index in [2.05, 4.69) is 0 Å². The molecule has 0 fully saturated rings. The Hall–Kier alpha value is -0.610. The molecule has 0 radical (unpaired) electrons. The van der Waals surface area contributed by atoms with Gasteiger partial charge in [-0.05, 0) is 24.3 Å². The number of primary sulfonamides is 2. The summed E-state index contributed by atoms with van der Waals surface area (Å²) < 4.78 is 43.3. The highest BCUT2D eigenvalue weighted by Gasteiger charge is 2.07. The van der Waals surface area contributed by atoms with Gasteiger partial charge in [0, 0.05) is 10.6 Å². The summed E-state index contributed by atoms with van der Waals surface area (Å²) in [7, 11) is -7.15. The van der Waals surface area contributed by atoms with Crippen molar-refractivity contribution in [3.05, 3.63) is 24.3 Å². The lowest BCUT2D eigenvalue weighted by molar-refractivity contribution is 0.596. The molecule has 0 amide bonds. The Bertz CT molecular complexity index is 578. The van der Waals surface area contributed by atoms with E-state index >= 15 is 0 Å². The van der Waals surface area contributed by atoms with Crippen molar-refractivity contribution in [3.8, 4) is 0 Å². The van der Waals surface area contributed by atoms with Crippen molar-refractivity contribution in [1.82, 2.24) is 0 Å². The van der Waals surface area contributed by atoms with E-state index in [1.807, 2.05) is 0 Å². The lowest BCUT2D eigenvalue weighted by Crippen LogP contribution is -2.17. The van der Waals surface area contributed by atoms with Gasteiger partial charge in [0.05, 0.1) is 10.6 Å². The van der Waals surface area contributed by atoms with E-state index < -0.39 is 20.0 Å². The van der Waals surface area contributed by atoms with Crippen LogP contribution in [0.15, 0.2) is 34.1 Å². The third kappa shape index (κ3) is 5.50. The molecule has 0 saturated heterocycles. The summed E-state index contributed by atoms with van der Waals surface area (Å²) in [6.07, 6.45) is 0. The van der Waals surface area contributed by atoms with Gasteiger partial charge in [-0.3, -0.25) is 0 Å². The Morgan fingerprint density at radius 2 is 1.53 bits per heavy atom. The molecule has 0 aliphatic heterocycles. The largest absolute Gasteiger partial charge is 0.238 e. The minimum Gasteiger partial charge on any atom is -0.229 e. The summed E-state index contributed by atoms with van der Waals surface area (Å²) in [5, 5.41) is 9.78. The average molecular weight is 296 g/mol. The smallest absolute Gasteiger partial charge is 0.229 e. The van der Waals surface area contributed by atoms with Crippen molar-refractivity contribution in [2.45, 2.75) is 9.79 Å². The number of hydrogen-bond donors (Lipinski definition) is 2. The highest BCUT2D eigenvalue weighted by atomic mass is 32.2. The summed E-state index contributed by atoms with van der Waals surface area (Å²) in [4.78, 5) is 0.773. The number of sulfonamides is 2. The van der Waals surface area contributed by atoms with Gasteiger partial charge >= 0.3 is 0 Å². The van der Waals surface area contributed by atoms with Crippen LogP contribution in [0.25, 0.3) is 0 Å². The molecule has 1 aromatic carbocycles. The molecule has 6 nitrogen and oxygen atoms in total. The molecule has 0 atom stereocenters. The monoisotopic (exact) mass is 296 g/mol. The van der Waals surface area contributed by atoms with Crippen molar-refractivity contribution < 1.29 is 16.8 Å². The van der Waals surface area contributed by atoms with Crippen molar-refractivity contribution in [1.29, 1.82) is 0 Å². The van der Waals surface area contributed by atoms with Crippen molar-refractivity contribution in [2.24, 2.45) is 10.3 Å². The van der Waals surface area contributed by atoms with E-state index in [1.165, 1.54) is 23.9 Å². The van der Waals surface area contributed by atoms with Crippen LogP contribution >= 0.6 is 11.8 Å². The summed E-state index contributed by atoms with van der Waals surface area (Å²) in [6, 6.07) is 5.87. The number of thioether (sulfide) groups is 1. The Balaban J connectivity index is 2.64. The second-order valence-corrected chi connectivity index (χ2v) is 7.70. The molecule has 17 heavy (non-hydrogen) atoms. The van der Waals surface area contributed by atoms with Crippen LogP contribution < -0.4 is 10.3 Å². The van der Waals surface area contributed by atoms with E-state index in [0.29, 0.717) is 5.75 Å². The van der Waals surface area contributed by atoms with Crippen LogP contribution in [-0.4, -0.2) is 28.3 Å². The van der Waals surface area contributed by atoms with Crippen LogP contribution in [-0.2, 0) is 20.0 Å². The van der Waals surface area contributed by atoms with Crippen molar-refractivity contribution in [2.75, 3.05) is 11.5 Å². The zero-order chi connectivity index (χ0) is 13.1. The minimum atomic E-state index is -3.69. The van der Waals surface area contributed by atoms with Crippen LogP contribution in [0.4, 0.5) is 0 Å². The molecule has 0 heterocycles. The Kier molecular flexibility index (Phi) is 4.55. The zero-order valence-corrected chi connectivity index (χ0v) is 11.2. The second-order valence-electron chi connectivity index (χ2n) is 3.23. The van der Waals surface area contributed by atoms with Crippen LogP contribution in [0.3, 0.4) is 0 Å². The molecule has 1 rings (SSSR count). The van der Waals surface area contributed by atoms with Gasteiger partial charge in [-0.25, -0.2) is 27.1 Å². The molecule has 9 heteroatoms. The maximum Gasteiger partial charge on any atom is 0.238 e. The maximum atomic E-state index is 11.0. The van der Waals surface area contributed by atoms with Crippen LogP contribution in [0, 0.1) is 0 Å². The fourth-order valence-electron chi connectivity index (χ4n) is 1.00. The molecule has 0 unspecified atom stereocenters. The van der Waals surface area contributed by atoms with Crippen molar-refractivity contribution >= 4 is 31.8 Å². The molecular formula is C8H12N2O4S3. The van der Waals surface area contributed by atoms with Gasteiger partial charge in [-0.2, -0.15) is 0 Å². The predicted octanol–water partition coefficient (Wildman–Crippen LogP) is -0.285. The summed E-state index contributed by atoms with van der Waals surface area (Å²) in [5.41, 5.74) is 0. The second kappa shape index (κ2) is 5.36. The fourth-order valence-corrected chi connectivity index (χ4v) is 3.34. The molecule has 96 valence electrons. The topological polar surface area (TPSA) is 120 Å². The first kappa shape index (κ1) is 14.5. The Labute approximate surface area is 104 Å². The van der Waals surface area contributed by atoms with Gasteiger partial charge < -0.3 is 0 Å². The average Bonchev–Trinajstić information content (AvgIpc) is 2.15. The van der Waals surface area contributed by atoms with Crippen LogP contribution in [0.1, 0.15) is 0 Å². The first-order valence-corrected chi connectivity index (χ1v) is 8.69. The van der Waals surface area contributed by atoms with Gasteiger partial charge in [-0.15, -0.1) is 11.8 Å². The molecule has 0 aliphatic rings. The lowest BCUT2D eigenvalue weighted by Gasteiger charge is -2.02. The van der Waals surface area contributed by atoms with E-state index in [9.17, 15) is 16.8 Å². The van der Waals surface area contributed by atoms with E-state index in [1.54, 1.807) is 12.1 Å². The number of nitrogens with two attached hydrogens (primary N) is 2. The standard InChI is InChI=1S/C8H12N2O4S3/c9-16(11,12)6-5-15-7-1-3-8(4-2-7)17(10,13)14/h1-4H,5-6H2,(H2,9,11,12)(H2,10,13,14). The number of rotatable bonds is 5. The van der Waals surface area contributed by atoms with E-state index in [-0.39, 0.29) is 10.6 Å². The summed E-state index contributed by atoms with van der Waals surface area (Å²) in [5.74, 6) is 0.183. The van der Waals surface area contributed by atoms with Gasteiger partial charge in [-0.1, -0.05) is 0 Å². The van der Waals surface area contributed by atoms with Gasteiger partial charge in [0.15, 0.2) is 0 Å². The number of hydrogen-bond acceptors (Lipinski definition) is 5. The molecule has 0 saturated carbocycles. The Morgan fingerprint density at radius 1 is 1.00 bits per heavy atom. The highest BCUT2D eigenvalue weighted by molar-refractivity contribution is 8.00. The lowest BCUT2D eigenvalue weighted by atomic mass is 10.4. The minimum absolute atomic E-state index is 0.0216. The van der Waals surface area contributed by atoms with Gasteiger partial charge in [0.2, 0.25) is 20.0 Å².